The van der Waals surface area contributed by atoms with Gasteiger partial charge >= 0.3 is 5.97 Å². The number of esters is 1. The monoisotopic (exact) mass is 289 g/mol. The van der Waals surface area contributed by atoms with Crippen LogP contribution >= 0.6 is 0 Å². The predicted octanol–water partition coefficient (Wildman–Crippen LogP) is 2.52. The van der Waals surface area contributed by atoms with Gasteiger partial charge in [-0.15, -0.1) is 0 Å². The molecule has 1 aromatic rings. The molecular formula is C17H23NO3. The molecule has 1 aliphatic carbocycles. The van der Waals surface area contributed by atoms with Crippen molar-refractivity contribution in [3.05, 3.63) is 35.9 Å². The molecule has 0 atom stereocenters. The highest BCUT2D eigenvalue weighted by molar-refractivity contribution is 5.89. The summed E-state index contributed by atoms with van der Waals surface area (Å²) in [6, 6.07) is 10.0. The van der Waals surface area contributed by atoms with Crippen molar-refractivity contribution in [3.8, 4) is 0 Å². The minimum absolute atomic E-state index is 0.171. The van der Waals surface area contributed by atoms with Gasteiger partial charge in [0, 0.05) is 20.0 Å². The fourth-order valence-electron chi connectivity index (χ4n) is 2.94. The molecule has 2 rings (SSSR count). The highest BCUT2D eigenvalue weighted by Gasteiger charge is 2.46. The third-order valence-electron chi connectivity index (χ3n) is 4.39. The number of carbonyl (C=O) groups excluding carboxylic acids is 2. The number of amides is 1. The first-order valence-electron chi connectivity index (χ1n) is 7.48. The molecule has 0 N–H and O–H groups in total. The van der Waals surface area contributed by atoms with Crippen molar-refractivity contribution in [1.29, 1.82) is 0 Å². The molecule has 1 amide bonds. The van der Waals surface area contributed by atoms with E-state index in [-0.39, 0.29) is 17.3 Å². The highest BCUT2D eigenvalue weighted by atomic mass is 16.5. The van der Waals surface area contributed by atoms with Crippen LogP contribution in [0.1, 0.15) is 37.7 Å². The van der Waals surface area contributed by atoms with E-state index in [1.165, 1.54) is 7.11 Å². The van der Waals surface area contributed by atoms with E-state index in [2.05, 4.69) is 4.74 Å². The van der Waals surface area contributed by atoms with Gasteiger partial charge in [0.25, 0.3) is 0 Å². The van der Waals surface area contributed by atoms with Crippen LogP contribution in [0.2, 0.25) is 0 Å². The molecule has 0 heterocycles. The number of methoxy groups -OCH3 is 1. The lowest BCUT2D eigenvalue weighted by atomic mass is 9.63. The van der Waals surface area contributed by atoms with E-state index in [0.717, 1.165) is 24.8 Å². The summed E-state index contributed by atoms with van der Waals surface area (Å²) in [5.74, 6) is -0.0536. The first-order valence-corrected chi connectivity index (χ1v) is 7.48. The smallest absolute Gasteiger partial charge is 0.305 e. The molecule has 21 heavy (non-hydrogen) atoms. The maximum atomic E-state index is 12.8. The number of nitrogens with zero attached hydrogens (tertiary/aromatic N) is 1. The highest BCUT2D eigenvalue weighted by Crippen LogP contribution is 2.44. The van der Waals surface area contributed by atoms with Crippen LogP contribution in [0, 0.1) is 0 Å². The molecule has 4 heteroatoms. The second-order valence-corrected chi connectivity index (χ2v) is 5.71. The van der Waals surface area contributed by atoms with E-state index >= 15 is 0 Å². The Labute approximate surface area is 126 Å². The van der Waals surface area contributed by atoms with Gasteiger partial charge in [-0.1, -0.05) is 36.8 Å². The second kappa shape index (κ2) is 6.74. The van der Waals surface area contributed by atoms with E-state index in [1.807, 2.05) is 37.4 Å². The van der Waals surface area contributed by atoms with Crippen LogP contribution in [0.4, 0.5) is 0 Å². The van der Waals surface area contributed by atoms with Crippen molar-refractivity contribution in [3.63, 3.8) is 0 Å². The number of likely N-dealkylation sites (N-methyl/N-ethyl adjacent to an activating group) is 1. The number of ether oxygens (including phenoxy) is 1. The van der Waals surface area contributed by atoms with Crippen LogP contribution in [-0.4, -0.2) is 37.5 Å². The summed E-state index contributed by atoms with van der Waals surface area (Å²) in [6.45, 7) is 0.586. The van der Waals surface area contributed by atoms with E-state index < -0.39 is 0 Å². The van der Waals surface area contributed by atoms with Gasteiger partial charge in [-0.3, -0.25) is 9.59 Å². The average Bonchev–Trinajstić information content (AvgIpc) is 2.46. The molecule has 1 aromatic carbocycles. The van der Waals surface area contributed by atoms with Gasteiger partial charge in [-0.2, -0.15) is 0 Å². The third kappa shape index (κ3) is 3.26. The lowest BCUT2D eigenvalue weighted by Crippen LogP contribution is -2.50. The molecule has 1 fully saturated rings. The van der Waals surface area contributed by atoms with Crippen LogP contribution in [0.3, 0.4) is 0 Å². The summed E-state index contributed by atoms with van der Waals surface area (Å²) < 4.78 is 4.62. The van der Waals surface area contributed by atoms with Crippen molar-refractivity contribution < 1.29 is 14.3 Å². The molecule has 0 spiro atoms. The Kier molecular flexibility index (Phi) is 4.99. The molecule has 0 bridgehead atoms. The van der Waals surface area contributed by atoms with Gasteiger partial charge in [0.15, 0.2) is 0 Å². The van der Waals surface area contributed by atoms with Crippen molar-refractivity contribution in [1.82, 2.24) is 4.90 Å². The first-order chi connectivity index (χ1) is 10.1. The Morgan fingerprint density at radius 2 is 1.90 bits per heavy atom. The lowest BCUT2D eigenvalue weighted by Gasteiger charge is -2.43. The summed E-state index contributed by atoms with van der Waals surface area (Å²) in [5.41, 5.74) is 0.766. The quantitative estimate of drug-likeness (QED) is 0.756. The minimum atomic E-state index is -0.346. The fourth-order valence-corrected chi connectivity index (χ4v) is 2.94. The summed E-state index contributed by atoms with van der Waals surface area (Å²) >= 11 is 0. The minimum Gasteiger partial charge on any atom is -0.469 e. The Hall–Kier alpha value is -1.84. The molecular weight excluding hydrogens is 266 g/mol. The summed E-state index contributed by atoms with van der Waals surface area (Å²) in [4.78, 5) is 25.7. The molecule has 0 saturated heterocycles. The number of hydrogen-bond donors (Lipinski definition) is 0. The van der Waals surface area contributed by atoms with E-state index in [1.54, 1.807) is 4.90 Å². The zero-order valence-corrected chi connectivity index (χ0v) is 12.8. The van der Waals surface area contributed by atoms with Crippen molar-refractivity contribution in [2.24, 2.45) is 0 Å². The molecule has 0 aromatic heterocycles. The predicted molar refractivity (Wildman–Crippen MR) is 80.9 cm³/mol. The van der Waals surface area contributed by atoms with Crippen LogP contribution < -0.4 is 0 Å². The maximum absolute atomic E-state index is 12.8. The lowest BCUT2D eigenvalue weighted by molar-refractivity contribution is -0.142. The Morgan fingerprint density at radius 1 is 1.24 bits per heavy atom. The Morgan fingerprint density at radius 3 is 2.43 bits per heavy atom. The standard InChI is InChI=1S/C17H23NO3/c1-18(13-6-10-15(19)21-2)16(20)17(11-7-12-17)14-8-4-3-5-9-14/h3-5,8-9H,6-7,10-13H2,1-2H3. The summed E-state index contributed by atoms with van der Waals surface area (Å²) in [5, 5.41) is 0. The largest absolute Gasteiger partial charge is 0.469 e. The molecule has 0 unspecified atom stereocenters. The summed E-state index contributed by atoms with van der Waals surface area (Å²) in [6.07, 6.45) is 3.91. The van der Waals surface area contributed by atoms with Crippen molar-refractivity contribution in [2.75, 3.05) is 20.7 Å². The van der Waals surface area contributed by atoms with Gasteiger partial charge in [-0.25, -0.2) is 0 Å². The molecule has 0 aliphatic heterocycles. The van der Waals surface area contributed by atoms with Gasteiger partial charge in [0.05, 0.1) is 12.5 Å². The molecule has 1 saturated carbocycles. The van der Waals surface area contributed by atoms with Crippen LogP contribution in [0.15, 0.2) is 30.3 Å². The zero-order valence-electron chi connectivity index (χ0n) is 12.8. The van der Waals surface area contributed by atoms with Crippen LogP contribution in [0.5, 0.6) is 0 Å². The summed E-state index contributed by atoms with van der Waals surface area (Å²) in [7, 11) is 3.21. The van der Waals surface area contributed by atoms with E-state index in [4.69, 9.17) is 0 Å². The van der Waals surface area contributed by atoms with Crippen molar-refractivity contribution >= 4 is 11.9 Å². The maximum Gasteiger partial charge on any atom is 0.305 e. The number of benzene rings is 1. The Balaban J connectivity index is 1.99. The van der Waals surface area contributed by atoms with Gasteiger partial charge < -0.3 is 9.64 Å². The molecule has 0 radical (unpaired) electrons. The molecule has 114 valence electrons. The molecule has 4 nitrogen and oxygen atoms in total. The van der Waals surface area contributed by atoms with E-state index in [0.29, 0.717) is 19.4 Å². The third-order valence-corrected chi connectivity index (χ3v) is 4.39. The van der Waals surface area contributed by atoms with Gasteiger partial charge in [0.1, 0.15) is 0 Å². The number of carbonyl (C=O) groups is 2. The van der Waals surface area contributed by atoms with Gasteiger partial charge in [0.2, 0.25) is 5.91 Å². The second-order valence-electron chi connectivity index (χ2n) is 5.71. The van der Waals surface area contributed by atoms with Crippen LogP contribution in [-0.2, 0) is 19.7 Å². The zero-order chi connectivity index (χ0) is 15.3. The normalized spacial score (nSPS) is 15.9. The SMILES string of the molecule is COC(=O)CCCN(C)C(=O)C1(c2ccccc2)CCC1. The van der Waals surface area contributed by atoms with E-state index in [9.17, 15) is 9.59 Å². The fraction of sp³-hybridized carbons (Fsp3) is 0.529. The number of rotatable bonds is 6. The number of hydrogen-bond acceptors (Lipinski definition) is 3. The molecule has 1 aliphatic rings. The first kappa shape index (κ1) is 15.5. The van der Waals surface area contributed by atoms with Gasteiger partial charge in [-0.05, 0) is 24.8 Å². The topological polar surface area (TPSA) is 46.6 Å². The Bertz CT molecular complexity index is 494. The van der Waals surface area contributed by atoms with Crippen molar-refractivity contribution in [2.45, 2.75) is 37.5 Å². The average molecular weight is 289 g/mol. The van der Waals surface area contributed by atoms with Crippen LogP contribution in [0.25, 0.3) is 0 Å².